The monoisotopic (exact) mass is 341 g/mol. The van der Waals surface area contributed by atoms with Gasteiger partial charge in [-0.25, -0.2) is 0 Å². The number of benzene rings is 2. The maximum Gasteiger partial charge on any atom is 0.280 e. The van der Waals surface area contributed by atoms with Crippen LogP contribution in [0.4, 0.5) is 5.69 Å². The molecule has 6 heteroatoms. The zero-order chi connectivity index (χ0) is 17.4. The molecule has 0 aliphatic heterocycles. The quantitative estimate of drug-likeness (QED) is 0.776. The Morgan fingerprint density at radius 2 is 1.92 bits per heavy atom. The van der Waals surface area contributed by atoms with Crippen LogP contribution in [0.3, 0.4) is 0 Å². The van der Waals surface area contributed by atoms with Crippen molar-refractivity contribution in [2.24, 2.45) is 7.05 Å². The molecule has 0 atom stereocenters. The van der Waals surface area contributed by atoms with Crippen molar-refractivity contribution < 1.29 is 4.79 Å². The predicted molar refractivity (Wildman–Crippen MR) is 95.9 cm³/mol. The van der Waals surface area contributed by atoms with Crippen molar-refractivity contribution in [3.63, 3.8) is 0 Å². The first-order chi connectivity index (χ1) is 11.4. The average molecular weight is 342 g/mol. The Balaban J connectivity index is 2.07. The normalized spacial score (nSPS) is 10.8. The van der Waals surface area contributed by atoms with Crippen LogP contribution in [-0.2, 0) is 7.05 Å². The van der Waals surface area contributed by atoms with Crippen LogP contribution in [0, 0.1) is 13.8 Å². The largest absolute Gasteiger partial charge is 0.320 e. The summed E-state index contributed by atoms with van der Waals surface area (Å²) in [5, 5.41) is 7.68. The molecule has 1 heterocycles. The molecule has 0 saturated heterocycles. The molecule has 0 aliphatic rings. The number of carbonyl (C=O) groups is 1. The molecule has 5 nitrogen and oxygen atoms in total. The van der Waals surface area contributed by atoms with Crippen LogP contribution in [0.1, 0.15) is 21.6 Å². The average Bonchev–Trinajstić information content (AvgIpc) is 2.53. The van der Waals surface area contributed by atoms with E-state index in [1.54, 1.807) is 25.2 Å². The minimum absolute atomic E-state index is 0.160. The second kappa shape index (κ2) is 6.09. The number of hydrogen-bond donors (Lipinski definition) is 1. The van der Waals surface area contributed by atoms with Crippen molar-refractivity contribution in [1.82, 2.24) is 9.78 Å². The second-order valence-corrected chi connectivity index (χ2v) is 6.17. The number of aryl methyl sites for hydroxylation is 3. The Hall–Kier alpha value is -2.66. The Bertz CT molecular complexity index is 1020. The molecule has 0 bridgehead atoms. The number of nitrogens with zero attached hydrogens (tertiary/aromatic N) is 2. The van der Waals surface area contributed by atoms with Crippen molar-refractivity contribution in [1.29, 1.82) is 0 Å². The third-order valence-corrected chi connectivity index (χ3v) is 4.10. The van der Waals surface area contributed by atoms with E-state index in [0.717, 1.165) is 11.1 Å². The number of hydrogen-bond acceptors (Lipinski definition) is 3. The fourth-order valence-corrected chi connectivity index (χ4v) is 2.81. The first-order valence-electron chi connectivity index (χ1n) is 7.42. The summed E-state index contributed by atoms with van der Waals surface area (Å²) in [7, 11) is 1.68. The van der Waals surface area contributed by atoms with E-state index in [-0.39, 0.29) is 5.69 Å². The van der Waals surface area contributed by atoms with Crippen LogP contribution in [0.5, 0.6) is 0 Å². The molecule has 0 aliphatic carbocycles. The molecule has 0 unspecified atom stereocenters. The fourth-order valence-electron chi connectivity index (χ4n) is 2.63. The molecule has 122 valence electrons. The van der Waals surface area contributed by atoms with Crippen molar-refractivity contribution in [3.05, 3.63) is 68.5 Å². The van der Waals surface area contributed by atoms with Gasteiger partial charge < -0.3 is 5.32 Å². The van der Waals surface area contributed by atoms with E-state index >= 15 is 0 Å². The lowest BCUT2D eigenvalue weighted by molar-refractivity contribution is 0.101. The molecule has 1 amide bonds. The standard InChI is InChI=1S/C18H16ClN3O2/c1-10-4-6-14(11(2)8-10)20-18(24)16-17(23)13-9-12(19)5-7-15(13)22(3)21-16/h4-9H,1-3H3,(H,20,24). The zero-order valence-electron chi connectivity index (χ0n) is 13.6. The van der Waals surface area contributed by atoms with Gasteiger partial charge in [0.25, 0.3) is 5.91 Å². The fraction of sp³-hybridized carbons (Fsp3) is 0.167. The van der Waals surface area contributed by atoms with Gasteiger partial charge in [-0.2, -0.15) is 5.10 Å². The van der Waals surface area contributed by atoms with Gasteiger partial charge in [0.05, 0.1) is 10.9 Å². The summed E-state index contributed by atoms with van der Waals surface area (Å²) >= 11 is 5.97. The summed E-state index contributed by atoms with van der Waals surface area (Å²) in [6.45, 7) is 3.87. The molecule has 3 rings (SSSR count). The highest BCUT2D eigenvalue weighted by atomic mass is 35.5. The minimum atomic E-state index is -0.538. The molecule has 0 radical (unpaired) electrons. The molecule has 2 aromatic carbocycles. The van der Waals surface area contributed by atoms with Crippen LogP contribution < -0.4 is 10.7 Å². The van der Waals surface area contributed by atoms with Crippen molar-refractivity contribution in [3.8, 4) is 0 Å². The lowest BCUT2D eigenvalue weighted by Gasteiger charge is -2.10. The van der Waals surface area contributed by atoms with Gasteiger partial charge in [0, 0.05) is 17.8 Å². The SMILES string of the molecule is Cc1ccc(NC(=O)c2nn(C)c3ccc(Cl)cc3c2=O)c(C)c1. The van der Waals surface area contributed by atoms with E-state index in [9.17, 15) is 9.59 Å². The van der Waals surface area contributed by atoms with E-state index in [1.165, 1.54) is 4.68 Å². The topological polar surface area (TPSA) is 64.0 Å². The molecule has 1 aromatic heterocycles. The zero-order valence-corrected chi connectivity index (χ0v) is 14.3. The van der Waals surface area contributed by atoms with Crippen LogP contribution in [0.25, 0.3) is 10.9 Å². The lowest BCUT2D eigenvalue weighted by atomic mass is 10.1. The molecule has 1 N–H and O–H groups in total. The van der Waals surface area contributed by atoms with Gasteiger partial charge in [-0.15, -0.1) is 0 Å². The van der Waals surface area contributed by atoms with Crippen molar-refractivity contribution in [2.45, 2.75) is 13.8 Å². The van der Waals surface area contributed by atoms with Crippen molar-refractivity contribution >= 4 is 34.1 Å². The summed E-state index contributed by atoms with van der Waals surface area (Å²) in [5.41, 5.74) is 2.69. The second-order valence-electron chi connectivity index (χ2n) is 5.74. The predicted octanol–water partition coefficient (Wildman–Crippen LogP) is 3.46. The third kappa shape index (κ3) is 2.90. The minimum Gasteiger partial charge on any atom is -0.320 e. The lowest BCUT2D eigenvalue weighted by Crippen LogP contribution is -2.26. The first kappa shape index (κ1) is 16.2. The summed E-state index contributed by atoms with van der Waals surface area (Å²) in [5.74, 6) is -0.538. The Morgan fingerprint density at radius 1 is 1.17 bits per heavy atom. The maximum atomic E-state index is 12.6. The first-order valence-corrected chi connectivity index (χ1v) is 7.80. The van der Waals surface area contributed by atoms with Gasteiger partial charge in [0.1, 0.15) is 0 Å². The summed E-state index contributed by atoms with van der Waals surface area (Å²) < 4.78 is 1.50. The smallest absolute Gasteiger partial charge is 0.280 e. The summed E-state index contributed by atoms with van der Waals surface area (Å²) in [6, 6.07) is 10.6. The van der Waals surface area contributed by atoms with Crippen LogP contribution >= 0.6 is 11.6 Å². The van der Waals surface area contributed by atoms with Gasteiger partial charge >= 0.3 is 0 Å². The molecule has 0 saturated carbocycles. The number of amides is 1. The number of halogens is 1. The van der Waals surface area contributed by atoms with Crippen LogP contribution in [0.2, 0.25) is 5.02 Å². The van der Waals surface area contributed by atoms with E-state index in [0.29, 0.717) is 21.6 Å². The molecule has 3 aromatic rings. The van der Waals surface area contributed by atoms with Gasteiger partial charge in [0.2, 0.25) is 5.43 Å². The maximum absolute atomic E-state index is 12.6. The third-order valence-electron chi connectivity index (χ3n) is 3.86. The molecule has 24 heavy (non-hydrogen) atoms. The van der Waals surface area contributed by atoms with E-state index < -0.39 is 11.3 Å². The van der Waals surface area contributed by atoms with E-state index in [1.807, 2.05) is 32.0 Å². The van der Waals surface area contributed by atoms with Crippen LogP contribution in [0.15, 0.2) is 41.2 Å². The van der Waals surface area contributed by atoms with Gasteiger partial charge in [-0.3, -0.25) is 14.3 Å². The number of aromatic nitrogens is 2. The Kier molecular flexibility index (Phi) is 4.11. The highest BCUT2D eigenvalue weighted by molar-refractivity contribution is 6.31. The number of nitrogens with one attached hydrogen (secondary N) is 1. The number of fused-ring (bicyclic) bond motifs is 1. The number of carbonyl (C=O) groups excluding carboxylic acids is 1. The Labute approximate surface area is 143 Å². The molecule has 0 spiro atoms. The van der Waals surface area contributed by atoms with Gasteiger partial charge in [-0.1, -0.05) is 29.3 Å². The Morgan fingerprint density at radius 3 is 2.62 bits per heavy atom. The number of rotatable bonds is 2. The highest BCUT2D eigenvalue weighted by Gasteiger charge is 2.17. The number of anilines is 1. The van der Waals surface area contributed by atoms with Gasteiger partial charge in [-0.05, 0) is 43.7 Å². The van der Waals surface area contributed by atoms with Crippen LogP contribution in [-0.4, -0.2) is 15.7 Å². The van der Waals surface area contributed by atoms with Gasteiger partial charge in [0.15, 0.2) is 5.69 Å². The molecular weight excluding hydrogens is 326 g/mol. The van der Waals surface area contributed by atoms with E-state index in [4.69, 9.17) is 11.6 Å². The summed E-state index contributed by atoms with van der Waals surface area (Å²) in [6.07, 6.45) is 0. The van der Waals surface area contributed by atoms with Crippen molar-refractivity contribution in [2.75, 3.05) is 5.32 Å². The van der Waals surface area contributed by atoms with E-state index in [2.05, 4.69) is 10.4 Å². The molecular formula is C18H16ClN3O2. The summed E-state index contributed by atoms with van der Waals surface area (Å²) in [4.78, 5) is 25.1. The molecule has 0 fully saturated rings. The highest BCUT2D eigenvalue weighted by Crippen LogP contribution is 2.18.